The van der Waals surface area contributed by atoms with Crippen LogP contribution in [0.2, 0.25) is 0 Å². The fourth-order valence-corrected chi connectivity index (χ4v) is 2.68. The fraction of sp³-hybridized carbons (Fsp3) is 0.923. The first-order chi connectivity index (χ1) is 8.04. The Bertz CT molecular complexity index is 244. The Labute approximate surface area is 104 Å². The predicted molar refractivity (Wildman–Crippen MR) is 68.8 cm³/mol. The van der Waals surface area contributed by atoms with Gasteiger partial charge in [-0.2, -0.15) is 0 Å². The summed E-state index contributed by atoms with van der Waals surface area (Å²) in [5.74, 6) is 0.0984. The average Bonchev–Trinajstić information content (AvgIpc) is 2.28. The molecule has 3 unspecified atom stereocenters. The minimum atomic E-state index is -0.736. The summed E-state index contributed by atoms with van der Waals surface area (Å²) in [5.41, 5.74) is 5.76. The summed E-state index contributed by atoms with van der Waals surface area (Å²) in [6, 6.07) is -0.138. The molecule has 1 aliphatic carbocycles. The number of hydrogen-bond donors (Lipinski definition) is 3. The van der Waals surface area contributed by atoms with Crippen LogP contribution in [0.1, 0.15) is 46.0 Å². The van der Waals surface area contributed by atoms with E-state index in [0.29, 0.717) is 24.8 Å². The normalized spacial score (nSPS) is 27.1. The zero-order chi connectivity index (χ0) is 12.8. The quantitative estimate of drug-likeness (QED) is 0.661. The molecule has 4 nitrogen and oxygen atoms in total. The van der Waals surface area contributed by atoms with Gasteiger partial charge in [0.2, 0.25) is 0 Å². The highest BCUT2D eigenvalue weighted by atomic mass is 16.4. The molecule has 0 spiro atoms. The van der Waals surface area contributed by atoms with Crippen LogP contribution in [0.25, 0.3) is 0 Å². The molecule has 100 valence electrons. The summed E-state index contributed by atoms with van der Waals surface area (Å²) in [6.07, 6.45) is 5.28. The second-order valence-corrected chi connectivity index (χ2v) is 5.57. The van der Waals surface area contributed by atoms with Crippen LogP contribution in [0.15, 0.2) is 0 Å². The van der Waals surface area contributed by atoms with Gasteiger partial charge in [-0.3, -0.25) is 4.79 Å². The molecule has 0 aromatic heterocycles. The number of hydrogen-bond acceptors (Lipinski definition) is 3. The van der Waals surface area contributed by atoms with Gasteiger partial charge in [0, 0.05) is 6.04 Å². The predicted octanol–water partition coefficient (Wildman–Crippen LogP) is 1.59. The number of nitrogens with two attached hydrogens (primary N) is 1. The number of carbonyl (C=O) groups is 1. The Hall–Kier alpha value is -0.610. The third kappa shape index (κ3) is 4.64. The first-order valence-corrected chi connectivity index (χ1v) is 6.73. The Morgan fingerprint density at radius 1 is 1.41 bits per heavy atom. The Kier molecular flexibility index (Phi) is 5.92. The maximum Gasteiger partial charge on any atom is 0.320 e. The van der Waals surface area contributed by atoms with Gasteiger partial charge in [0.1, 0.15) is 6.04 Å². The summed E-state index contributed by atoms with van der Waals surface area (Å²) in [5, 5.41) is 12.5. The van der Waals surface area contributed by atoms with Gasteiger partial charge in [-0.1, -0.05) is 26.7 Å². The van der Waals surface area contributed by atoms with Gasteiger partial charge in [-0.15, -0.1) is 0 Å². The molecule has 4 N–H and O–H groups in total. The minimum Gasteiger partial charge on any atom is -0.480 e. The van der Waals surface area contributed by atoms with Crippen LogP contribution < -0.4 is 11.1 Å². The van der Waals surface area contributed by atoms with E-state index in [1.807, 2.05) is 0 Å². The molecule has 3 atom stereocenters. The van der Waals surface area contributed by atoms with Crippen LogP contribution >= 0.6 is 0 Å². The molecular weight excluding hydrogens is 216 g/mol. The van der Waals surface area contributed by atoms with Crippen molar-refractivity contribution in [3.63, 3.8) is 0 Å². The Morgan fingerprint density at radius 2 is 2.06 bits per heavy atom. The highest BCUT2D eigenvalue weighted by molar-refractivity contribution is 5.73. The lowest BCUT2D eigenvalue weighted by atomic mass is 9.84. The van der Waals surface area contributed by atoms with E-state index >= 15 is 0 Å². The number of rotatable bonds is 6. The Balaban J connectivity index is 2.54. The molecule has 0 aliphatic heterocycles. The molecule has 0 heterocycles. The average molecular weight is 242 g/mol. The van der Waals surface area contributed by atoms with Crippen molar-refractivity contribution < 1.29 is 9.90 Å². The molecule has 0 aromatic rings. The van der Waals surface area contributed by atoms with Crippen LogP contribution in [-0.2, 0) is 4.79 Å². The van der Waals surface area contributed by atoms with Gasteiger partial charge in [-0.05, 0) is 37.6 Å². The van der Waals surface area contributed by atoms with Gasteiger partial charge >= 0.3 is 5.97 Å². The first-order valence-electron chi connectivity index (χ1n) is 6.73. The number of carboxylic acid groups (broad SMARTS) is 1. The maximum atomic E-state index is 11.2. The SMILES string of the molecule is CC(C)CC(NC1CCCCC1CN)C(=O)O. The third-order valence-electron chi connectivity index (χ3n) is 3.63. The number of nitrogens with one attached hydrogen (secondary N) is 1. The molecule has 0 saturated heterocycles. The zero-order valence-corrected chi connectivity index (χ0v) is 11.0. The summed E-state index contributed by atoms with van der Waals surface area (Å²) < 4.78 is 0. The zero-order valence-electron chi connectivity index (χ0n) is 11.0. The second kappa shape index (κ2) is 6.97. The van der Waals surface area contributed by atoms with Gasteiger partial charge < -0.3 is 16.2 Å². The molecule has 1 aliphatic rings. The molecule has 1 saturated carbocycles. The van der Waals surface area contributed by atoms with Crippen molar-refractivity contribution in [2.24, 2.45) is 17.6 Å². The molecule has 17 heavy (non-hydrogen) atoms. The summed E-state index contributed by atoms with van der Waals surface area (Å²) >= 11 is 0. The van der Waals surface area contributed by atoms with Crippen molar-refractivity contribution in [3.05, 3.63) is 0 Å². The van der Waals surface area contributed by atoms with E-state index in [9.17, 15) is 9.90 Å². The maximum absolute atomic E-state index is 11.2. The fourth-order valence-electron chi connectivity index (χ4n) is 2.68. The lowest BCUT2D eigenvalue weighted by molar-refractivity contribution is -0.140. The largest absolute Gasteiger partial charge is 0.480 e. The van der Waals surface area contributed by atoms with Crippen molar-refractivity contribution in [2.75, 3.05) is 6.54 Å². The van der Waals surface area contributed by atoms with Crippen LogP contribution in [-0.4, -0.2) is 29.7 Å². The highest BCUT2D eigenvalue weighted by Gasteiger charge is 2.28. The van der Waals surface area contributed by atoms with Gasteiger partial charge in [0.15, 0.2) is 0 Å². The minimum absolute atomic E-state index is 0.286. The summed E-state index contributed by atoms with van der Waals surface area (Å²) in [6.45, 7) is 4.77. The molecular formula is C13H26N2O2. The second-order valence-electron chi connectivity index (χ2n) is 5.57. The van der Waals surface area contributed by atoms with E-state index in [0.717, 1.165) is 12.8 Å². The molecule has 0 aromatic carbocycles. The van der Waals surface area contributed by atoms with Crippen LogP contribution in [0.5, 0.6) is 0 Å². The molecule has 0 bridgehead atoms. The van der Waals surface area contributed by atoms with Crippen molar-refractivity contribution in [1.82, 2.24) is 5.32 Å². The van der Waals surface area contributed by atoms with Crippen molar-refractivity contribution in [2.45, 2.75) is 58.0 Å². The molecule has 0 radical (unpaired) electrons. The first kappa shape index (κ1) is 14.5. The summed E-state index contributed by atoms with van der Waals surface area (Å²) in [4.78, 5) is 11.2. The lowest BCUT2D eigenvalue weighted by Crippen LogP contribution is -2.50. The number of carboxylic acids is 1. The van der Waals surface area contributed by atoms with Gasteiger partial charge in [-0.25, -0.2) is 0 Å². The lowest BCUT2D eigenvalue weighted by Gasteiger charge is -2.34. The van der Waals surface area contributed by atoms with E-state index in [2.05, 4.69) is 19.2 Å². The van der Waals surface area contributed by atoms with Gasteiger partial charge in [0.05, 0.1) is 0 Å². The van der Waals surface area contributed by atoms with E-state index in [1.54, 1.807) is 0 Å². The summed E-state index contributed by atoms with van der Waals surface area (Å²) in [7, 11) is 0. The third-order valence-corrected chi connectivity index (χ3v) is 3.63. The van der Waals surface area contributed by atoms with E-state index < -0.39 is 12.0 Å². The van der Waals surface area contributed by atoms with Crippen molar-refractivity contribution in [1.29, 1.82) is 0 Å². The van der Waals surface area contributed by atoms with Crippen molar-refractivity contribution in [3.8, 4) is 0 Å². The van der Waals surface area contributed by atoms with Crippen molar-refractivity contribution >= 4 is 5.97 Å². The van der Waals surface area contributed by atoms with E-state index in [1.165, 1.54) is 12.8 Å². The topological polar surface area (TPSA) is 75.3 Å². The van der Waals surface area contributed by atoms with E-state index in [-0.39, 0.29) is 6.04 Å². The molecule has 1 rings (SSSR count). The standard InChI is InChI=1S/C13H26N2O2/c1-9(2)7-12(13(16)17)15-11-6-4-3-5-10(11)8-14/h9-12,15H,3-8,14H2,1-2H3,(H,16,17). The monoisotopic (exact) mass is 242 g/mol. The highest BCUT2D eigenvalue weighted by Crippen LogP contribution is 2.24. The number of aliphatic carboxylic acids is 1. The Morgan fingerprint density at radius 3 is 2.59 bits per heavy atom. The van der Waals surface area contributed by atoms with Crippen LogP contribution in [0, 0.1) is 11.8 Å². The molecule has 4 heteroatoms. The van der Waals surface area contributed by atoms with E-state index in [4.69, 9.17) is 5.73 Å². The van der Waals surface area contributed by atoms with Crippen LogP contribution in [0.3, 0.4) is 0 Å². The van der Waals surface area contributed by atoms with Crippen LogP contribution in [0.4, 0.5) is 0 Å². The molecule has 0 amide bonds. The smallest absolute Gasteiger partial charge is 0.320 e. The molecule has 1 fully saturated rings. The van der Waals surface area contributed by atoms with Gasteiger partial charge in [0.25, 0.3) is 0 Å².